The van der Waals surface area contributed by atoms with E-state index in [-0.39, 0.29) is 11.6 Å². The summed E-state index contributed by atoms with van der Waals surface area (Å²) in [5, 5.41) is 6.98. The van der Waals surface area contributed by atoms with Crippen LogP contribution in [0.1, 0.15) is 32.1 Å². The maximum absolute atomic E-state index is 12.2. The third-order valence-corrected chi connectivity index (χ3v) is 4.08. The summed E-state index contributed by atoms with van der Waals surface area (Å²) < 4.78 is 1.69. The van der Waals surface area contributed by atoms with Gasteiger partial charge in [0.1, 0.15) is 0 Å². The first-order valence-corrected chi connectivity index (χ1v) is 6.27. The van der Waals surface area contributed by atoms with Gasteiger partial charge in [0.05, 0.1) is 11.9 Å². The van der Waals surface area contributed by atoms with E-state index >= 15 is 0 Å². The lowest BCUT2D eigenvalue weighted by Gasteiger charge is -2.45. The Kier molecular flexibility index (Phi) is 2.34. The molecule has 5 heteroatoms. The number of nitrogens with one attached hydrogen (secondary N) is 1. The summed E-state index contributed by atoms with van der Waals surface area (Å²) in [6.07, 6.45) is 9.42. The number of aryl methyl sites for hydroxylation is 1. The van der Waals surface area contributed by atoms with Gasteiger partial charge in [0.2, 0.25) is 0 Å². The van der Waals surface area contributed by atoms with Gasteiger partial charge >= 0.3 is 6.03 Å². The first kappa shape index (κ1) is 10.6. The zero-order valence-electron chi connectivity index (χ0n) is 10.1. The molecule has 1 aromatic heterocycles. The van der Waals surface area contributed by atoms with Crippen LogP contribution in [0.4, 0.5) is 10.5 Å². The maximum Gasteiger partial charge on any atom is 0.322 e. The molecule has 2 heterocycles. The van der Waals surface area contributed by atoms with Gasteiger partial charge in [-0.05, 0) is 32.1 Å². The third-order valence-electron chi connectivity index (χ3n) is 4.08. The van der Waals surface area contributed by atoms with Gasteiger partial charge in [-0.15, -0.1) is 0 Å². The Morgan fingerprint density at radius 1 is 1.41 bits per heavy atom. The molecule has 0 bridgehead atoms. The molecule has 92 valence electrons. The van der Waals surface area contributed by atoms with Crippen LogP contribution >= 0.6 is 0 Å². The van der Waals surface area contributed by atoms with Crippen LogP contribution in [0.15, 0.2) is 12.4 Å². The average molecular weight is 234 g/mol. The van der Waals surface area contributed by atoms with Crippen LogP contribution in [-0.2, 0) is 7.05 Å². The lowest BCUT2D eigenvalue weighted by Crippen LogP contribution is -2.53. The van der Waals surface area contributed by atoms with Crippen molar-refractivity contribution in [3.8, 4) is 0 Å². The summed E-state index contributed by atoms with van der Waals surface area (Å²) in [7, 11) is 1.85. The number of likely N-dealkylation sites (tertiary alicyclic amines) is 1. The number of hydrogen-bond acceptors (Lipinski definition) is 2. The fourth-order valence-corrected chi connectivity index (χ4v) is 3.04. The molecule has 2 amide bonds. The van der Waals surface area contributed by atoms with Crippen molar-refractivity contribution < 1.29 is 4.79 Å². The Morgan fingerprint density at radius 2 is 2.18 bits per heavy atom. The van der Waals surface area contributed by atoms with Crippen molar-refractivity contribution in [2.24, 2.45) is 7.05 Å². The molecule has 2 aliphatic rings. The summed E-state index contributed by atoms with van der Waals surface area (Å²) >= 11 is 0. The third kappa shape index (κ3) is 1.69. The minimum Gasteiger partial charge on any atom is -0.319 e. The molecule has 1 saturated heterocycles. The minimum absolute atomic E-state index is 0.0372. The van der Waals surface area contributed by atoms with Crippen molar-refractivity contribution in [1.29, 1.82) is 0 Å². The number of rotatable bonds is 1. The van der Waals surface area contributed by atoms with Crippen LogP contribution in [0.25, 0.3) is 0 Å². The molecule has 5 nitrogen and oxygen atoms in total. The lowest BCUT2D eigenvalue weighted by atomic mass is 9.75. The summed E-state index contributed by atoms with van der Waals surface area (Å²) in [5.74, 6) is 0. The molecule has 2 fully saturated rings. The smallest absolute Gasteiger partial charge is 0.319 e. The number of nitrogens with zero attached hydrogens (tertiary/aromatic N) is 3. The fourth-order valence-electron chi connectivity index (χ4n) is 3.04. The number of amides is 2. The van der Waals surface area contributed by atoms with Gasteiger partial charge in [-0.1, -0.05) is 0 Å². The van der Waals surface area contributed by atoms with Gasteiger partial charge in [-0.2, -0.15) is 5.10 Å². The van der Waals surface area contributed by atoms with Crippen LogP contribution in [0.2, 0.25) is 0 Å². The maximum atomic E-state index is 12.2. The average Bonchev–Trinajstić information content (AvgIpc) is 2.83. The van der Waals surface area contributed by atoms with E-state index in [9.17, 15) is 4.79 Å². The van der Waals surface area contributed by atoms with Gasteiger partial charge in [-0.3, -0.25) is 4.68 Å². The van der Waals surface area contributed by atoms with Gasteiger partial charge in [0.15, 0.2) is 0 Å². The standard InChI is InChI=1S/C12H18N4O/c1-15-9-10(8-13-15)14-11(17)16-7-3-6-12(16)4-2-5-12/h8-9H,2-7H2,1H3,(H,14,17). The van der Waals surface area contributed by atoms with Gasteiger partial charge in [-0.25, -0.2) is 4.79 Å². The molecule has 1 spiro atoms. The Hall–Kier alpha value is -1.52. The molecule has 1 aromatic rings. The summed E-state index contributed by atoms with van der Waals surface area (Å²) in [5.41, 5.74) is 0.964. The van der Waals surface area contributed by atoms with E-state index in [1.165, 1.54) is 25.7 Å². The van der Waals surface area contributed by atoms with E-state index in [0.717, 1.165) is 18.7 Å². The summed E-state index contributed by atoms with van der Waals surface area (Å²) in [4.78, 5) is 14.2. The van der Waals surface area contributed by atoms with E-state index in [0.29, 0.717) is 0 Å². The van der Waals surface area contributed by atoms with Crippen molar-refractivity contribution in [3.63, 3.8) is 0 Å². The minimum atomic E-state index is 0.0372. The number of carbonyl (C=O) groups is 1. The van der Waals surface area contributed by atoms with Gasteiger partial charge in [0.25, 0.3) is 0 Å². The van der Waals surface area contributed by atoms with Crippen molar-refractivity contribution >= 4 is 11.7 Å². The van der Waals surface area contributed by atoms with Gasteiger partial charge < -0.3 is 10.2 Å². The molecule has 1 N–H and O–H groups in total. The Labute approximate surface area is 101 Å². The molecular weight excluding hydrogens is 216 g/mol. The van der Waals surface area contributed by atoms with E-state index < -0.39 is 0 Å². The molecule has 0 atom stereocenters. The Balaban J connectivity index is 1.70. The largest absolute Gasteiger partial charge is 0.322 e. The predicted octanol–water partition coefficient (Wildman–Crippen LogP) is 1.97. The first-order chi connectivity index (χ1) is 8.20. The number of urea groups is 1. The van der Waals surface area contributed by atoms with E-state index in [1.54, 1.807) is 10.9 Å². The Morgan fingerprint density at radius 3 is 2.76 bits per heavy atom. The SMILES string of the molecule is Cn1cc(NC(=O)N2CCCC23CCC3)cn1. The molecule has 1 aliphatic carbocycles. The molecule has 0 unspecified atom stereocenters. The van der Waals surface area contributed by atoms with Crippen LogP contribution < -0.4 is 5.32 Å². The van der Waals surface area contributed by atoms with Crippen molar-refractivity contribution in [2.45, 2.75) is 37.6 Å². The second-order valence-electron chi connectivity index (χ2n) is 5.17. The lowest BCUT2D eigenvalue weighted by molar-refractivity contribution is 0.0881. The highest BCUT2D eigenvalue weighted by atomic mass is 16.2. The molecule has 1 aliphatic heterocycles. The Bertz CT molecular complexity index is 435. The molecule has 0 radical (unpaired) electrons. The van der Waals surface area contributed by atoms with Crippen LogP contribution in [0.3, 0.4) is 0 Å². The van der Waals surface area contributed by atoms with Gasteiger partial charge in [0, 0.05) is 25.3 Å². The van der Waals surface area contributed by atoms with Crippen molar-refractivity contribution in [3.05, 3.63) is 12.4 Å². The van der Waals surface area contributed by atoms with E-state index in [2.05, 4.69) is 10.4 Å². The monoisotopic (exact) mass is 234 g/mol. The number of hydrogen-bond donors (Lipinski definition) is 1. The highest BCUT2D eigenvalue weighted by Gasteiger charge is 2.47. The van der Waals surface area contributed by atoms with Crippen LogP contribution in [0, 0.1) is 0 Å². The fraction of sp³-hybridized carbons (Fsp3) is 0.667. The molecule has 3 rings (SSSR count). The van der Waals surface area contributed by atoms with Crippen LogP contribution in [-0.4, -0.2) is 32.8 Å². The highest BCUT2D eigenvalue weighted by molar-refractivity contribution is 5.89. The predicted molar refractivity (Wildman–Crippen MR) is 64.7 cm³/mol. The van der Waals surface area contributed by atoms with Crippen LogP contribution in [0.5, 0.6) is 0 Å². The normalized spacial score (nSPS) is 21.6. The highest BCUT2D eigenvalue weighted by Crippen LogP contribution is 2.45. The summed E-state index contributed by atoms with van der Waals surface area (Å²) in [6, 6.07) is 0.0372. The second kappa shape index (κ2) is 3.75. The number of aromatic nitrogens is 2. The zero-order chi connectivity index (χ0) is 11.9. The second-order valence-corrected chi connectivity index (χ2v) is 5.17. The van der Waals surface area contributed by atoms with E-state index in [4.69, 9.17) is 0 Å². The van der Waals surface area contributed by atoms with Crippen molar-refractivity contribution in [1.82, 2.24) is 14.7 Å². The summed E-state index contributed by atoms with van der Waals surface area (Å²) in [6.45, 7) is 0.895. The number of anilines is 1. The topological polar surface area (TPSA) is 50.2 Å². The van der Waals surface area contributed by atoms with E-state index in [1.807, 2.05) is 18.1 Å². The molecule has 0 aromatic carbocycles. The number of carbonyl (C=O) groups excluding carboxylic acids is 1. The molecule has 17 heavy (non-hydrogen) atoms. The molecule has 1 saturated carbocycles. The quantitative estimate of drug-likeness (QED) is 0.807. The molecular formula is C12H18N4O. The zero-order valence-corrected chi connectivity index (χ0v) is 10.1. The first-order valence-electron chi connectivity index (χ1n) is 6.27. The van der Waals surface area contributed by atoms with Crippen molar-refractivity contribution in [2.75, 3.05) is 11.9 Å².